The molecule has 2 unspecified atom stereocenters. The Kier molecular flexibility index (Phi) is 7.97. The van der Waals surface area contributed by atoms with Crippen LogP contribution in [0.4, 0.5) is 13.6 Å². The number of aliphatic hydroxyl groups is 1. The number of halogens is 2. The fourth-order valence-electron chi connectivity index (χ4n) is 3.34. The lowest BCUT2D eigenvalue weighted by atomic mass is 10.1. The lowest BCUT2D eigenvalue weighted by molar-refractivity contribution is -0.118. The number of nitrogens with one attached hydrogen (secondary N) is 3. The zero-order valence-corrected chi connectivity index (χ0v) is 16.7. The minimum atomic E-state index is -2.63. The van der Waals surface area contributed by atoms with Crippen LogP contribution >= 0.6 is 0 Å². The molecule has 1 saturated heterocycles. The molecule has 29 heavy (non-hydrogen) atoms. The number of β-amino-alcohol motifs (C(OH)–C–C–N with tert-alkyl or cyclic N) is 1. The summed E-state index contributed by atoms with van der Waals surface area (Å²) in [5, 5.41) is 17.6. The molecule has 0 aromatic rings. The lowest BCUT2D eigenvalue weighted by Crippen LogP contribution is -2.52. The van der Waals surface area contributed by atoms with Crippen LogP contribution in [-0.4, -0.2) is 97.8 Å². The van der Waals surface area contributed by atoms with Gasteiger partial charge in [-0.05, 0) is 13.1 Å². The van der Waals surface area contributed by atoms with Gasteiger partial charge >= 0.3 is 6.03 Å². The molecular formula is C18H28F2N6O3. The summed E-state index contributed by atoms with van der Waals surface area (Å²) in [4.78, 5) is 29.7. The SMILES string of the molecule is CN/C=C(/NC(=O)C1=CC=CC(C(F)F)N1C)C(NC)N1CCN(CCO)C1=O. The molecule has 162 valence electrons. The van der Waals surface area contributed by atoms with Crippen LogP contribution < -0.4 is 16.0 Å². The van der Waals surface area contributed by atoms with Gasteiger partial charge in [0.15, 0.2) is 0 Å². The molecule has 0 aromatic heterocycles. The van der Waals surface area contributed by atoms with E-state index in [1.807, 2.05) is 0 Å². The summed E-state index contributed by atoms with van der Waals surface area (Å²) in [5.41, 5.74) is 0.445. The van der Waals surface area contributed by atoms with Crippen molar-refractivity contribution in [3.63, 3.8) is 0 Å². The molecule has 0 aromatic carbocycles. The monoisotopic (exact) mass is 414 g/mol. The number of likely N-dealkylation sites (N-methyl/N-ethyl adjacent to an activating group) is 2. The highest BCUT2D eigenvalue weighted by molar-refractivity contribution is 5.94. The van der Waals surface area contributed by atoms with Crippen molar-refractivity contribution in [3.8, 4) is 0 Å². The van der Waals surface area contributed by atoms with Crippen molar-refractivity contribution >= 4 is 11.9 Å². The number of rotatable bonds is 9. The van der Waals surface area contributed by atoms with Crippen molar-refractivity contribution in [2.24, 2.45) is 0 Å². The van der Waals surface area contributed by atoms with E-state index in [2.05, 4.69) is 16.0 Å². The van der Waals surface area contributed by atoms with E-state index >= 15 is 0 Å². The molecule has 3 amide bonds. The second-order valence-corrected chi connectivity index (χ2v) is 6.59. The van der Waals surface area contributed by atoms with Crippen molar-refractivity contribution in [3.05, 3.63) is 35.8 Å². The van der Waals surface area contributed by atoms with Gasteiger partial charge in [-0.15, -0.1) is 0 Å². The number of hydrogen-bond donors (Lipinski definition) is 4. The smallest absolute Gasteiger partial charge is 0.321 e. The third-order valence-electron chi connectivity index (χ3n) is 4.81. The zero-order valence-electron chi connectivity index (χ0n) is 16.7. The standard InChI is InChI=1S/C18H28F2N6O3/c1-21-11-12(16(22-2)26-8-7-25(9-10-27)18(26)29)23-17(28)14-6-4-5-13(15(19)20)24(14)3/h4-6,11,13,15-16,21-22,27H,7-10H2,1-3H3,(H,23,28)/b12-11+. The molecule has 0 aliphatic carbocycles. The van der Waals surface area contributed by atoms with Crippen molar-refractivity contribution in [1.29, 1.82) is 0 Å². The van der Waals surface area contributed by atoms with Crippen LogP contribution in [0, 0.1) is 0 Å². The Balaban J connectivity index is 2.18. The Bertz CT molecular complexity index is 697. The van der Waals surface area contributed by atoms with Gasteiger partial charge in [0.2, 0.25) is 0 Å². The molecule has 0 spiro atoms. The number of alkyl halides is 2. The Morgan fingerprint density at radius 2 is 2.10 bits per heavy atom. The van der Waals surface area contributed by atoms with Gasteiger partial charge in [-0.2, -0.15) is 0 Å². The normalized spacial score (nSPS) is 21.0. The van der Waals surface area contributed by atoms with Gasteiger partial charge in [-0.25, -0.2) is 13.6 Å². The maximum absolute atomic E-state index is 13.2. The minimum Gasteiger partial charge on any atom is -0.395 e. The van der Waals surface area contributed by atoms with Gasteiger partial charge in [0.25, 0.3) is 12.3 Å². The molecule has 0 bridgehead atoms. The molecule has 2 rings (SSSR count). The number of hydrogen-bond acceptors (Lipinski definition) is 6. The summed E-state index contributed by atoms with van der Waals surface area (Å²) in [6.45, 7) is 0.939. The molecule has 0 saturated carbocycles. The Labute approximate surface area is 168 Å². The summed E-state index contributed by atoms with van der Waals surface area (Å²) in [7, 11) is 4.72. The van der Waals surface area contributed by atoms with Gasteiger partial charge in [-0.3, -0.25) is 10.1 Å². The van der Waals surface area contributed by atoms with Crippen LogP contribution in [-0.2, 0) is 4.79 Å². The predicted molar refractivity (Wildman–Crippen MR) is 104 cm³/mol. The van der Waals surface area contributed by atoms with E-state index in [0.717, 1.165) is 0 Å². The fraction of sp³-hybridized carbons (Fsp3) is 0.556. The molecule has 2 atom stereocenters. The molecule has 2 aliphatic heterocycles. The number of nitrogens with zero attached hydrogens (tertiary/aromatic N) is 3. The lowest BCUT2D eigenvalue weighted by Gasteiger charge is -2.33. The van der Waals surface area contributed by atoms with Crippen molar-refractivity contribution in [1.82, 2.24) is 30.7 Å². The van der Waals surface area contributed by atoms with Gasteiger partial charge in [0, 0.05) is 39.9 Å². The Morgan fingerprint density at radius 1 is 1.38 bits per heavy atom. The first-order valence-corrected chi connectivity index (χ1v) is 9.27. The first-order chi connectivity index (χ1) is 13.8. The molecule has 11 heteroatoms. The first-order valence-electron chi connectivity index (χ1n) is 9.27. The second-order valence-electron chi connectivity index (χ2n) is 6.59. The molecular weight excluding hydrogens is 386 g/mol. The number of urea groups is 1. The molecule has 9 nitrogen and oxygen atoms in total. The second kappa shape index (κ2) is 10.2. The highest BCUT2D eigenvalue weighted by atomic mass is 19.3. The first kappa shape index (κ1) is 22.6. The van der Waals surface area contributed by atoms with Crippen LogP contribution in [0.15, 0.2) is 35.8 Å². The largest absolute Gasteiger partial charge is 0.395 e. The average molecular weight is 414 g/mol. The Hall–Kier alpha value is -2.66. The van der Waals surface area contributed by atoms with E-state index in [9.17, 15) is 18.4 Å². The van der Waals surface area contributed by atoms with Crippen LogP contribution in [0.1, 0.15) is 0 Å². The van der Waals surface area contributed by atoms with Gasteiger partial charge in [0.05, 0.1) is 12.3 Å². The highest BCUT2D eigenvalue weighted by Crippen LogP contribution is 2.20. The van der Waals surface area contributed by atoms with E-state index < -0.39 is 24.5 Å². The van der Waals surface area contributed by atoms with E-state index in [1.54, 1.807) is 14.1 Å². The van der Waals surface area contributed by atoms with Crippen LogP contribution in [0.2, 0.25) is 0 Å². The number of carbonyl (C=O) groups excluding carboxylic acids is 2. The third kappa shape index (κ3) is 5.04. The summed E-state index contributed by atoms with van der Waals surface area (Å²) < 4.78 is 26.3. The third-order valence-corrected chi connectivity index (χ3v) is 4.81. The van der Waals surface area contributed by atoms with E-state index in [4.69, 9.17) is 5.11 Å². The predicted octanol–water partition coefficient (Wildman–Crippen LogP) is -0.542. The van der Waals surface area contributed by atoms with Crippen LogP contribution in [0.5, 0.6) is 0 Å². The molecule has 0 radical (unpaired) electrons. The van der Waals surface area contributed by atoms with Crippen molar-refractivity contribution in [2.45, 2.75) is 18.6 Å². The van der Waals surface area contributed by atoms with Gasteiger partial charge < -0.3 is 30.4 Å². The average Bonchev–Trinajstić information content (AvgIpc) is 3.03. The van der Waals surface area contributed by atoms with Gasteiger partial charge in [0.1, 0.15) is 17.9 Å². The van der Waals surface area contributed by atoms with E-state index in [-0.39, 0.29) is 24.9 Å². The minimum absolute atomic E-state index is 0.0873. The summed E-state index contributed by atoms with van der Waals surface area (Å²) in [5.74, 6) is -0.567. The van der Waals surface area contributed by atoms with Crippen molar-refractivity contribution in [2.75, 3.05) is 47.4 Å². The molecule has 1 fully saturated rings. The van der Waals surface area contributed by atoms with Crippen molar-refractivity contribution < 1.29 is 23.5 Å². The maximum atomic E-state index is 13.2. The Morgan fingerprint density at radius 3 is 2.69 bits per heavy atom. The van der Waals surface area contributed by atoms with E-state index in [1.165, 1.54) is 46.2 Å². The molecule has 2 heterocycles. The maximum Gasteiger partial charge on any atom is 0.321 e. The highest BCUT2D eigenvalue weighted by Gasteiger charge is 2.36. The van der Waals surface area contributed by atoms with Gasteiger partial charge in [-0.1, -0.05) is 12.2 Å². The number of amides is 3. The summed E-state index contributed by atoms with van der Waals surface area (Å²) in [6, 6.07) is -1.46. The summed E-state index contributed by atoms with van der Waals surface area (Å²) in [6.07, 6.45) is 2.47. The summed E-state index contributed by atoms with van der Waals surface area (Å²) >= 11 is 0. The number of aliphatic hydroxyl groups excluding tert-OH is 1. The number of carbonyl (C=O) groups is 2. The van der Waals surface area contributed by atoms with Crippen LogP contribution in [0.3, 0.4) is 0 Å². The molecule has 4 N–H and O–H groups in total. The topological polar surface area (TPSA) is 100 Å². The number of allylic oxidation sites excluding steroid dienone is 2. The fourth-order valence-corrected chi connectivity index (χ4v) is 3.34. The van der Waals surface area contributed by atoms with Crippen LogP contribution in [0.25, 0.3) is 0 Å². The quantitative estimate of drug-likeness (QED) is 0.404. The van der Waals surface area contributed by atoms with E-state index in [0.29, 0.717) is 18.8 Å². The zero-order chi connectivity index (χ0) is 21.6. The molecule has 2 aliphatic rings.